The Morgan fingerprint density at radius 1 is 1.40 bits per heavy atom. The van der Waals surface area contributed by atoms with Crippen molar-refractivity contribution in [3.05, 3.63) is 18.2 Å². The molecule has 1 aromatic carbocycles. The maximum atomic E-state index is 5.80. The van der Waals surface area contributed by atoms with Gasteiger partial charge >= 0.3 is 0 Å². The first kappa shape index (κ1) is 13.2. The van der Waals surface area contributed by atoms with E-state index in [0.29, 0.717) is 11.7 Å². The Bertz CT molecular complexity index is 587. The lowest BCUT2D eigenvalue weighted by molar-refractivity contribution is 0.221. The minimum atomic E-state index is 0.685. The Morgan fingerprint density at radius 3 is 2.90 bits per heavy atom. The molecule has 0 saturated carbocycles. The third kappa shape index (κ3) is 2.72. The van der Waals surface area contributed by atoms with Crippen molar-refractivity contribution in [3.8, 4) is 0 Å². The molecule has 0 aliphatic carbocycles. The van der Waals surface area contributed by atoms with Crippen molar-refractivity contribution >= 4 is 22.8 Å². The first-order valence-electron chi connectivity index (χ1n) is 7.17. The molecule has 2 aromatic rings. The fourth-order valence-electron chi connectivity index (χ4n) is 2.80. The van der Waals surface area contributed by atoms with Gasteiger partial charge < -0.3 is 20.0 Å². The number of aromatic nitrogens is 1. The van der Waals surface area contributed by atoms with Crippen molar-refractivity contribution in [2.24, 2.45) is 5.92 Å². The summed E-state index contributed by atoms with van der Waals surface area (Å²) >= 11 is 0. The molecule has 1 saturated heterocycles. The maximum Gasteiger partial charge on any atom is 0.298 e. The van der Waals surface area contributed by atoms with Crippen molar-refractivity contribution in [2.75, 3.05) is 44.4 Å². The van der Waals surface area contributed by atoms with Crippen molar-refractivity contribution in [3.63, 3.8) is 0 Å². The predicted molar refractivity (Wildman–Crippen MR) is 81.9 cm³/mol. The molecule has 5 nitrogen and oxygen atoms in total. The Balaban J connectivity index is 1.70. The van der Waals surface area contributed by atoms with Crippen LogP contribution in [0.5, 0.6) is 0 Å². The SMILES string of the molecule is CN1CCC(CN(C)c2nc3ccc(N)cc3o2)CC1. The molecule has 0 amide bonds. The van der Waals surface area contributed by atoms with Gasteiger partial charge in [-0.2, -0.15) is 4.98 Å². The van der Waals surface area contributed by atoms with E-state index in [-0.39, 0.29) is 0 Å². The number of oxazole rings is 1. The largest absolute Gasteiger partial charge is 0.423 e. The highest BCUT2D eigenvalue weighted by Crippen LogP contribution is 2.25. The van der Waals surface area contributed by atoms with E-state index in [9.17, 15) is 0 Å². The molecule has 1 aromatic heterocycles. The molecule has 2 heterocycles. The van der Waals surface area contributed by atoms with E-state index in [1.54, 1.807) is 0 Å². The van der Waals surface area contributed by atoms with Crippen molar-refractivity contribution in [1.82, 2.24) is 9.88 Å². The number of nitrogen functional groups attached to an aromatic ring is 1. The summed E-state index contributed by atoms with van der Waals surface area (Å²) in [5.74, 6) is 0.719. The lowest BCUT2D eigenvalue weighted by Gasteiger charge is -2.31. The number of fused-ring (bicyclic) bond motifs is 1. The average Bonchev–Trinajstić information content (AvgIpc) is 2.84. The molecular formula is C15H22N4O. The monoisotopic (exact) mass is 274 g/mol. The van der Waals surface area contributed by atoms with E-state index in [1.165, 1.54) is 25.9 Å². The van der Waals surface area contributed by atoms with Gasteiger partial charge in [-0.3, -0.25) is 0 Å². The van der Waals surface area contributed by atoms with Gasteiger partial charge in [0.2, 0.25) is 0 Å². The molecule has 108 valence electrons. The Kier molecular flexibility index (Phi) is 3.53. The van der Waals surface area contributed by atoms with Crippen LogP contribution in [0.4, 0.5) is 11.7 Å². The topological polar surface area (TPSA) is 58.5 Å². The number of likely N-dealkylation sites (tertiary alicyclic amines) is 1. The second kappa shape index (κ2) is 5.32. The molecule has 1 aliphatic heterocycles. The average molecular weight is 274 g/mol. The van der Waals surface area contributed by atoms with Crippen LogP contribution in [-0.2, 0) is 0 Å². The van der Waals surface area contributed by atoms with Crippen LogP contribution < -0.4 is 10.6 Å². The molecule has 1 fully saturated rings. The van der Waals surface area contributed by atoms with Crippen molar-refractivity contribution in [2.45, 2.75) is 12.8 Å². The summed E-state index contributed by atoms with van der Waals surface area (Å²) in [7, 11) is 4.23. The van der Waals surface area contributed by atoms with Gasteiger partial charge in [0.05, 0.1) is 0 Å². The third-order valence-corrected chi connectivity index (χ3v) is 4.10. The number of benzene rings is 1. The summed E-state index contributed by atoms with van der Waals surface area (Å²) in [6.45, 7) is 3.36. The van der Waals surface area contributed by atoms with Gasteiger partial charge in [0.15, 0.2) is 5.58 Å². The zero-order valence-electron chi connectivity index (χ0n) is 12.2. The fourth-order valence-corrected chi connectivity index (χ4v) is 2.80. The van der Waals surface area contributed by atoms with Crippen LogP contribution in [-0.4, -0.2) is 43.6 Å². The smallest absolute Gasteiger partial charge is 0.298 e. The fraction of sp³-hybridized carbons (Fsp3) is 0.533. The summed E-state index contributed by atoms with van der Waals surface area (Å²) in [6, 6.07) is 6.27. The van der Waals surface area contributed by atoms with Gasteiger partial charge in [-0.25, -0.2) is 0 Å². The molecule has 0 atom stereocenters. The van der Waals surface area contributed by atoms with Crippen molar-refractivity contribution < 1.29 is 4.42 Å². The van der Waals surface area contributed by atoms with E-state index in [2.05, 4.69) is 21.8 Å². The molecule has 0 radical (unpaired) electrons. The molecule has 3 rings (SSSR count). The highest BCUT2D eigenvalue weighted by atomic mass is 16.4. The van der Waals surface area contributed by atoms with Crippen molar-refractivity contribution in [1.29, 1.82) is 0 Å². The highest BCUT2D eigenvalue weighted by molar-refractivity contribution is 5.78. The molecule has 0 spiro atoms. The number of anilines is 2. The van der Waals surface area contributed by atoms with Crippen LogP contribution in [0.25, 0.3) is 11.1 Å². The Labute approximate surface area is 119 Å². The molecule has 5 heteroatoms. The number of hydrogen-bond acceptors (Lipinski definition) is 5. The predicted octanol–water partition coefficient (Wildman–Crippen LogP) is 2.19. The van der Waals surface area contributed by atoms with Crippen LogP contribution in [0, 0.1) is 5.92 Å². The first-order valence-corrected chi connectivity index (χ1v) is 7.17. The second-order valence-electron chi connectivity index (χ2n) is 5.85. The molecule has 0 unspecified atom stereocenters. The molecule has 0 bridgehead atoms. The van der Waals surface area contributed by atoms with E-state index >= 15 is 0 Å². The van der Waals surface area contributed by atoms with E-state index in [0.717, 1.165) is 23.6 Å². The summed E-state index contributed by atoms with van der Waals surface area (Å²) < 4.78 is 5.80. The first-order chi connectivity index (χ1) is 9.61. The number of rotatable bonds is 3. The number of nitrogens with zero attached hydrogens (tertiary/aromatic N) is 3. The highest BCUT2D eigenvalue weighted by Gasteiger charge is 2.20. The van der Waals surface area contributed by atoms with E-state index < -0.39 is 0 Å². The third-order valence-electron chi connectivity index (χ3n) is 4.10. The molecular weight excluding hydrogens is 252 g/mol. The molecule has 20 heavy (non-hydrogen) atoms. The van der Waals surface area contributed by atoms with E-state index in [1.807, 2.05) is 25.2 Å². The molecule has 1 aliphatic rings. The van der Waals surface area contributed by atoms with E-state index in [4.69, 9.17) is 10.2 Å². The Morgan fingerprint density at radius 2 is 2.15 bits per heavy atom. The zero-order valence-corrected chi connectivity index (χ0v) is 12.2. The number of hydrogen-bond donors (Lipinski definition) is 1. The number of nitrogens with two attached hydrogens (primary N) is 1. The lowest BCUT2D eigenvalue weighted by atomic mass is 9.97. The Hall–Kier alpha value is -1.75. The number of piperidine rings is 1. The van der Waals surface area contributed by atoms with Gasteiger partial charge in [0.25, 0.3) is 6.01 Å². The van der Waals surface area contributed by atoms with Crippen LogP contribution >= 0.6 is 0 Å². The summed E-state index contributed by atoms with van der Waals surface area (Å²) in [4.78, 5) is 9.03. The zero-order chi connectivity index (χ0) is 14.1. The summed E-state index contributed by atoms with van der Waals surface area (Å²) in [5, 5.41) is 0. The van der Waals surface area contributed by atoms with Gasteiger partial charge in [-0.1, -0.05) is 0 Å². The quantitative estimate of drug-likeness (QED) is 0.869. The van der Waals surface area contributed by atoms with Gasteiger partial charge in [-0.05, 0) is 51.0 Å². The van der Waals surface area contributed by atoms with Gasteiger partial charge in [-0.15, -0.1) is 0 Å². The van der Waals surface area contributed by atoms with Gasteiger partial charge in [0.1, 0.15) is 5.52 Å². The van der Waals surface area contributed by atoms with Crippen LogP contribution in [0.15, 0.2) is 22.6 Å². The van der Waals surface area contributed by atoms with Crippen LogP contribution in [0.2, 0.25) is 0 Å². The maximum absolute atomic E-state index is 5.80. The standard InChI is InChI=1S/C15H22N4O/c1-18-7-5-11(6-8-18)10-19(2)15-17-13-4-3-12(16)9-14(13)20-15/h3-4,9,11H,5-8,10,16H2,1-2H3. The second-order valence-corrected chi connectivity index (χ2v) is 5.85. The van der Waals surface area contributed by atoms with Gasteiger partial charge in [0, 0.05) is 25.3 Å². The summed E-state index contributed by atoms with van der Waals surface area (Å²) in [6.07, 6.45) is 2.49. The summed E-state index contributed by atoms with van der Waals surface area (Å²) in [5.41, 5.74) is 8.10. The van der Waals surface area contributed by atoms with Crippen LogP contribution in [0.1, 0.15) is 12.8 Å². The van der Waals surface area contributed by atoms with Crippen LogP contribution in [0.3, 0.4) is 0 Å². The lowest BCUT2D eigenvalue weighted by Crippen LogP contribution is -2.35. The molecule has 2 N–H and O–H groups in total. The minimum Gasteiger partial charge on any atom is -0.423 e. The normalized spacial score (nSPS) is 17.7. The minimum absolute atomic E-state index is 0.685.